The van der Waals surface area contributed by atoms with Crippen LogP contribution in [-0.4, -0.2) is 36.6 Å². The molecule has 1 heterocycles. The minimum atomic E-state index is 0.0156. The van der Waals surface area contributed by atoms with Crippen LogP contribution in [0.5, 0.6) is 0 Å². The summed E-state index contributed by atoms with van der Waals surface area (Å²) in [6.07, 6.45) is 8.20. The summed E-state index contributed by atoms with van der Waals surface area (Å²) in [5.41, 5.74) is 0. The fourth-order valence-corrected chi connectivity index (χ4v) is 2.63. The summed E-state index contributed by atoms with van der Waals surface area (Å²) in [5.74, 6) is 0.0156. The topological polar surface area (TPSA) is 29.5 Å². The highest BCUT2D eigenvalue weighted by Gasteiger charge is 2.30. The molecule has 2 rings (SSSR count). The molecule has 1 aliphatic carbocycles. The molecule has 0 radical (unpaired) electrons. The quantitative estimate of drug-likeness (QED) is 0.654. The number of likely N-dealkylation sites (N-methyl/N-ethyl adjacent to an activating group) is 1. The van der Waals surface area contributed by atoms with Crippen LogP contribution in [0.4, 0.5) is 0 Å². The van der Waals surface area contributed by atoms with Crippen LogP contribution in [0.2, 0.25) is 0 Å². The highest BCUT2D eigenvalue weighted by molar-refractivity contribution is 5.76. The first-order valence-corrected chi connectivity index (χ1v) is 6.18. The van der Waals surface area contributed by atoms with Crippen LogP contribution in [0.15, 0.2) is 0 Å². The lowest BCUT2D eigenvalue weighted by molar-refractivity contribution is -0.155. The van der Waals surface area contributed by atoms with Gasteiger partial charge in [0.25, 0.3) is 0 Å². The SMILES string of the molecule is CN1CCCC1C(=O)OC1CCCCC1. The lowest BCUT2D eigenvalue weighted by atomic mass is 9.98. The first-order chi connectivity index (χ1) is 7.27. The van der Waals surface area contributed by atoms with Crippen molar-refractivity contribution >= 4 is 5.97 Å². The zero-order valence-electron chi connectivity index (χ0n) is 9.58. The Bertz CT molecular complexity index is 224. The first kappa shape index (κ1) is 10.9. The van der Waals surface area contributed by atoms with Gasteiger partial charge in [0.1, 0.15) is 12.1 Å². The molecule has 3 nitrogen and oxygen atoms in total. The standard InChI is InChI=1S/C12H21NO2/c1-13-9-5-8-11(13)12(14)15-10-6-3-2-4-7-10/h10-11H,2-9H2,1H3. The maximum absolute atomic E-state index is 11.9. The van der Waals surface area contributed by atoms with Gasteiger partial charge in [-0.15, -0.1) is 0 Å². The fraction of sp³-hybridized carbons (Fsp3) is 0.917. The Labute approximate surface area is 91.8 Å². The molecule has 1 saturated heterocycles. The Morgan fingerprint density at radius 1 is 1.13 bits per heavy atom. The van der Waals surface area contributed by atoms with Crippen molar-refractivity contribution < 1.29 is 9.53 Å². The van der Waals surface area contributed by atoms with E-state index in [0.717, 1.165) is 32.2 Å². The second-order valence-electron chi connectivity index (χ2n) is 4.84. The van der Waals surface area contributed by atoms with Gasteiger partial charge in [-0.2, -0.15) is 0 Å². The van der Waals surface area contributed by atoms with E-state index in [2.05, 4.69) is 4.90 Å². The van der Waals surface area contributed by atoms with Crippen LogP contribution in [-0.2, 0) is 9.53 Å². The van der Waals surface area contributed by atoms with Crippen molar-refractivity contribution in [2.45, 2.75) is 57.1 Å². The van der Waals surface area contributed by atoms with Gasteiger partial charge >= 0.3 is 5.97 Å². The molecule has 2 aliphatic rings. The minimum Gasteiger partial charge on any atom is -0.461 e. The molecule has 86 valence electrons. The maximum Gasteiger partial charge on any atom is 0.323 e. The fourth-order valence-electron chi connectivity index (χ4n) is 2.63. The normalized spacial score (nSPS) is 29.3. The number of ether oxygens (including phenoxy) is 1. The molecule has 3 heteroatoms. The summed E-state index contributed by atoms with van der Waals surface area (Å²) >= 11 is 0. The molecule has 1 unspecified atom stereocenters. The Morgan fingerprint density at radius 3 is 2.47 bits per heavy atom. The van der Waals surface area contributed by atoms with Gasteiger partial charge in [-0.25, -0.2) is 0 Å². The zero-order chi connectivity index (χ0) is 10.7. The van der Waals surface area contributed by atoms with Crippen molar-refractivity contribution in [3.63, 3.8) is 0 Å². The molecule has 15 heavy (non-hydrogen) atoms. The number of esters is 1. The van der Waals surface area contributed by atoms with Crippen molar-refractivity contribution in [3.05, 3.63) is 0 Å². The molecule has 0 aromatic rings. The second kappa shape index (κ2) is 4.97. The lowest BCUT2D eigenvalue weighted by Crippen LogP contribution is -2.36. The molecular weight excluding hydrogens is 190 g/mol. The van der Waals surface area contributed by atoms with Crippen LogP contribution in [0.3, 0.4) is 0 Å². The largest absolute Gasteiger partial charge is 0.461 e. The van der Waals surface area contributed by atoms with E-state index in [1.807, 2.05) is 7.05 Å². The van der Waals surface area contributed by atoms with Crippen LogP contribution >= 0.6 is 0 Å². The third kappa shape index (κ3) is 2.71. The molecule has 0 aromatic carbocycles. The molecule has 0 aromatic heterocycles. The number of hydrogen-bond donors (Lipinski definition) is 0. The molecule has 0 spiro atoms. The second-order valence-corrected chi connectivity index (χ2v) is 4.84. The molecule has 1 atom stereocenters. The molecule has 2 fully saturated rings. The lowest BCUT2D eigenvalue weighted by Gasteiger charge is -2.25. The van der Waals surface area contributed by atoms with Gasteiger partial charge in [-0.05, 0) is 52.1 Å². The van der Waals surface area contributed by atoms with Crippen LogP contribution < -0.4 is 0 Å². The monoisotopic (exact) mass is 211 g/mol. The van der Waals surface area contributed by atoms with Crippen molar-refractivity contribution in [3.8, 4) is 0 Å². The molecule has 1 aliphatic heterocycles. The van der Waals surface area contributed by atoms with Crippen molar-refractivity contribution in [2.24, 2.45) is 0 Å². The van der Waals surface area contributed by atoms with Crippen LogP contribution in [0, 0.1) is 0 Å². The highest BCUT2D eigenvalue weighted by atomic mass is 16.5. The summed E-state index contributed by atoms with van der Waals surface area (Å²) < 4.78 is 5.57. The number of nitrogens with zero attached hydrogens (tertiary/aromatic N) is 1. The van der Waals surface area contributed by atoms with E-state index in [1.54, 1.807) is 0 Å². The van der Waals surface area contributed by atoms with Gasteiger partial charge < -0.3 is 4.74 Å². The van der Waals surface area contributed by atoms with E-state index < -0.39 is 0 Å². The van der Waals surface area contributed by atoms with Gasteiger partial charge in [0.2, 0.25) is 0 Å². The Balaban J connectivity index is 1.80. The number of carbonyl (C=O) groups is 1. The predicted molar refractivity (Wildman–Crippen MR) is 58.6 cm³/mol. The van der Waals surface area contributed by atoms with Gasteiger partial charge in [0.05, 0.1) is 0 Å². The van der Waals surface area contributed by atoms with Gasteiger partial charge in [-0.1, -0.05) is 6.42 Å². The molecule has 0 bridgehead atoms. The zero-order valence-corrected chi connectivity index (χ0v) is 9.58. The summed E-state index contributed by atoms with van der Waals surface area (Å²) in [6.45, 7) is 1.03. The Kier molecular flexibility index (Phi) is 3.62. The first-order valence-electron chi connectivity index (χ1n) is 6.18. The van der Waals surface area contributed by atoms with E-state index in [1.165, 1.54) is 19.3 Å². The molecule has 1 saturated carbocycles. The van der Waals surface area contributed by atoms with Crippen molar-refractivity contribution in [1.29, 1.82) is 0 Å². The van der Waals surface area contributed by atoms with Gasteiger partial charge in [0.15, 0.2) is 0 Å². The van der Waals surface area contributed by atoms with E-state index in [-0.39, 0.29) is 18.1 Å². The maximum atomic E-state index is 11.9. The number of rotatable bonds is 2. The molecular formula is C12H21NO2. The molecule has 0 N–H and O–H groups in total. The minimum absolute atomic E-state index is 0.0156. The Hall–Kier alpha value is -0.570. The van der Waals surface area contributed by atoms with Crippen LogP contribution in [0.1, 0.15) is 44.9 Å². The number of hydrogen-bond acceptors (Lipinski definition) is 3. The van der Waals surface area contributed by atoms with Crippen molar-refractivity contribution in [1.82, 2.24) is 4.90 Å². The summed E-state index contributed by atoms with van der Waals surface area (Å²) in [4.78, 5) is 14.0. The Morgan fingerprint density at radius 2 is 1.87 bits per heavy atom. The third-order valence-corrected chi connectivity index (χ3v) is 3.63. The number of likely N-dealkylation sites (tertiary alicyclic amines) is 1. The number of carbonyl (C=O) groups excluding carboxylic acids is 1. The average molecular weight is 211 g/mol. The van der Waals surface area contributed by atoms with Crippen molar-refractivity contribution in [2.75, 3.05) is 13.6 Å². The van der Waals surface area contributed by atoms with Crippen LogP contribution in [0.25, 0.3) is 0 Å². The van der Waals surface area contributed by atoms with E-state index in [0.29, 0.717) is 0 Å². The smallest absolute Gasteiger partial charge is 0.323 e. The van der Waals surface area contributed by atoms with E-state index in [9.17, 15) is 4.79 Å². The summed E-state index contributed by atoms with van der Waals surface area (Å²) in [5, 5.41) is 0. The highest BCUT2D eigenvalue weighted by Crippen LogP contribution is 2.23. The third-order valence-electron chi connectivity index (χ3n) is 3.63. The van der Waals surface area contributed by atoms with E-state index in [4.69, 9.17) is 4.74 Å². The molecule has 0 amide bonds. The van der Waals surface area contributed by atoms with Gasteiger partial charge in [-0.3, -0.25) is 9.69 Å². The summed E-state index contributed by atoms with van der Waals surface area (Å²) in [7, 11) is 2.01. The summed E-state index contributed by atoms with van der Waals surface area (Å²) in [6, 6.07) is 0.0342. The van der Waals surface area contributed by atoms with Gasteiger partial charge in [0, 0.05) is 0 Å². The average Bonchev–Trinajstić information content (AvgIpc) is 2.66. The predicted octanol–water partition coefficient (Wildman–Crippen LogP) is 1.96. The van der Waals surface area contributed by atoms with E-state index >= 15 is 0 Å².